The Morgan fingerprint density at radius 1 is 1.43 bits per heavy atom. The number of nitrogens with one attached hydrogen (secondary N) is 1. The molecule has 0 aliphatic heterocycles. The van der Waals surface area contributed by atoms with Crippen molar-refractivity contribution in [3.63, 3.8) is 0 Å². The van der Waals surface area contributed by atoms with Crippen LogP contribution in [0.1, 0.15) is 23.8 Å². The maximum absolute atomic E-state index is 13.6. The summed E-state index contributed by atoms with van der Waals surface area (Å²) in [6.45, 7) is 2.50. The van der Waals surface area contributed by atoms with Gasteiger partial charge >= 0.3 is 0 Å². The van der Waals surface area contributed by atoms with Crippen LogP contribution < -0.4 is 5.32 Å². The Balaban J connectivity index is 2.03. The molecule has 0 aliphatic carbocycles. The number of carbonyl (C=O) groups is 1. The molecule has 2 rings (SSSR count). The van der Waals surface area contributed by atoms with Crippen LogP contribution in [0.2, 0.25) is 0 Å². The largest absolute Gasteiger partial charge is 0.396 e. The van der Waals surface area contributed by atoms with Crippen molar-refractivity contribution in [2.75, 3.05) is 13.2 Å². The van der Waals surface area contributed by atoms with E-state index in [-0.39, 0.29) is 24.1 Å². The van der Waals surface area contributed by atoms with Gasteiger partial charge in [0.2, 0.25) is 0 Å². The number of aliphatic hydroxyl groups excluding tert-OH is 1. The average molecular weight is 291 g/mol. The van der Waals surface area contributed by atoms with E-state index in [1.54, 1.807) is 30.5 Å². The monoisotopic (exact) mass is 291 g/mol. The molecule has 2 aromatic rings. The lowest BCUT2D eigenvalue weighted by Gasteiger charge is -2.09. The van der Waals surface area contributed by atoms with Crippen molar-refractivity contribution in [1.82, 2.24) is 15.1 Å². The molecular weight excluding hydrogens is 273 g/mol. The summed E-state index contributed by atoms with van der Waals surface area (Å²) >= 11 is 0. The number of carbonyl (C=O) groups excluding carboxylic acids is 1. The van der Waals surface area contributed by atoms with Gasteiger partial charge in [0.25, 0.3) is 5.91 Å². The van der Waals surface area contributed by atoms with Crippen LogP contribution in [0.25, 0.3) is 5.69 Å². The van der Waals surface area contributed by atoms with Gasteiger partial charge < -0.3 is 10.4 Å². The minimum atomic E-state index is -0.399. The number of amides is 1. The molecule has 21 heavy (non-hydrogen) atoms. The Bertz CT molecular complexity index is 612. The second kappa shape index (κ2) is 6.99. The van der Waals surface area contributed by atoms with Gasteiger partial charge in [0.15, 0.2) is 5.69 Å². The van der Waals surface area contributed by atoms with E-state index in [1.165, 1.54) is 10.7 Å². The minimum absolute atomic E-state index is 0.0962. The first-order valence-corrected chi connectivity index (χ1v) is 6.81. The Kier molecular flexibility index (Phi) is 5.05. The third-order valence-electron chi connectivity index (χ3n) is 3.15. The number of hydrogen-bond acceptors (Lipinski definition) is 3. The van der Waals surface area contributed by atoms with Crippen molar-refractivity contribution in [2.24, 2.45) is 5.92 Å². The first kappa shape index (κ1) is 15.2. The van der Waals surface area contributed by atoms with E-state index in [2.05, 4.69) is 10.4 Å². The van der Waals surface area contributed by atoms with E-state index < -0.39 is 5.82 Å². The molecule has 0 saturated carbocycles. The molecule has 0 spiro atoms. The predicted molar refractivity (Wildman–Crippen MR) is 76.7 cm³/mol. The van der Waals surface area contributed by atoms with Gasteiger partial charge in [-0.15, -0.1) is 0 Å². The van der Waals surface area contributed by atoms with Gasteiger partial charge in [-0.1, -0.05) is 19.1 Å². The van der Waals surface area contributed by atoms with Crippen LogP contribution in [0.5, 0.6) is 0 Å². The highest BCUT2D eigenvalue weighted by Gasteiger charge is 2.12. The number of para-hydroxylation sites is 1. The highest BCUT2D eigenvalue weighted by molar-refractivity contribution is 5.92. The van der Waals surface area contributed by atoms with Gasteiger partial charge in [-0.2, -0.15) is 5.10 Å². The zero-order valence-electron chi connectivity index (χ0n) is 11.8. The van der Waals surface area contributed by atoms with Gasteiger partial charge in [-0.3, -0.25) is 4.79 Å². The summed E-state index contributed by atoms with van der Waals surface area (Å²) in [7, 11) is 0. The number of halogens is 1. The van der Waals surface area contributed by atoms with E-state index in [0.29, 0.717) is 18.7 Å². The fraction of sp³-hybridized carbons (Fsp3) is 0.333. The number of rotatable bonds is 6. The summed E-state index contributed by atoms with van der Waals surface area (Å²) in [5.41, 5.74) is 0.527. The topological polar surface area (TPSA) is 67.2 Å². The first-order valence-electron chi connectivity index (χ1n) is 6.81. The van der Waals surface area contributed by atoms with Crippen molar-refractivity contribution in [2.45, 2.75) is 13.3 Å². The Labute approximate surface area is 122 Å². The average Bonchev–Trinajstić information content (AvgIpc) is 2.95. The van der Waals surface area contributed by atoms with E-state index in [4.69, 9.17) is 5.11 Å². The second-order valence-corrected chi connectivity index (χ2v) is 4.92. The van der Waals surface area contributed by atoms with Crippen molar-refractivity contribution < 1.29 is 14.3 Å². The Morgan fingerprint density at radius 3 is 2.90 bits per heavy atom. The zero-order valence-corrected chi connectivity index (χ0v) is 11.8. The first-order chi connectivity index (χ1) is 10.1. The van der Waals surface area contributed by atoms with Crippen LogP contribution >= 0.6 is 0 Å². The lowest BCUT2D eigenvalue weighted by molar-refractivity contribution is 0.0940. The molecule has 1 heterocycles. The second-order valence-electron chi connectivity index (χ2n) is 4.92. The third kappa shape index (κ3) is 3.88. The molecule has 2 N–H and O–H groups in total. The fourth-order valence-corrected chi connectivity index (χ4v) is 1.90. The summed E-state index contributed by atoms with van der Waals surface area (Å²) in [6, 6.07) is 7.77. The van der Waals surface area contributed by atoms with Gasteiger partial charge in [-0.25, -0.2) is 9.07 Å². The summed E-state index contributed by atoms with van der Waals surface area (Å²) in [5.74, 6) is -0.522. The van der Waals surface area contributed by atoms with Crippen LogP contribution in [0.4, 0.5) is 4.39 Å². The predicted octanol–water partition coefficient (Wildman–Crippen LogP) is 1.76. The molecule has 0 saturated heterocycles. The van der Waals surface area contributed by atoms with Crippen LogP contribution in [-0.2, 0) is 0 Å². The molecule has 0 aliphatic rings. The van der Waals surface area contributed by atoms with Crippen LogP contribution in [-0.4, -0.2) is 33.9 Å². The van der Waals surface area contributed by atoms with Crippen molar-refractivity contribution >= 4 is 5.91 Å². The molecule has 5 nitrogen and oxygen atoms in total. The van der Waals surface area contributed by atoms with E-state index in [9.17, 15) is 9.18 Å². The van der Waals surface area contributed by atoms with E-state index in [0.717, 1.165) is 0 Å². The maximum atomic E-state index is 13.6. The lowest BCUT2D eigenvalue weighted by atomic mass is 10.1. The standard InChI is InChI=1S/C15H18FN3O2/c1-11(7-9-20)10-17-15(21)13-6-8-19(18-13)14-5-3-2-4-12(14)16/h2-6,8,11,20H,7,9-10H2,1H3,(H,17,21). The molecular formula is C15H18FN3O2. The van der Waals surface area contributed by atoms with Crippen LogP contribution in [0.3, 0.4) is 0 Å². The Hall–Kier alpha value is -2.21. The third-order valence-corrected chi connectivity index (χ3v) is 3.15. The summed E-state index contributed by atoms with van der Waals surface area (Å²) in [6.07, 6.45) is 2.18. The molecule has 1 amide bonds. The Morgan fingerprint density at radius 2 is 2.19 bits per heavy atom. The van der Waals surface area contributed by atoms with Gasteiger partial charge in [0, 0.05) is 19.3 Å². The summed E-state index contributed by atoms with van der Waals surface area (Å²) in [5, 5.41) is 15.6. The molecule has 6 heteroatoms. The smallest absolute Gasteiger partial charge is 0.271 e. The zero-order chi connectivity index (χ0) is 15.2. The molecule has 1 aromatic heterocycles. The molecule has 0 fully saturated rings. The number of nitrogens with zero attached hydrogens (tertiary/aromatic N) is 2. The highest BCUT2D eigenvalue weighted by Crippen LogP contribution is 2.12. The SMILES string of the molecule is CC(CCO)CNC(=O)c1ccn(-c2ccccc2F)n1. The van der Waals surface area contributed by atoms with E-state index >= 15 is 0 Å². The van der Waals surface area contributed by atoms with Crippen LogP contribution in [0, 0.1) is 11.7 Å². The lowest BCUT2D eigenvalue weighted by Crippen LogP contribution is -2.29. The molecule has 0 bridgehead atoms. The van der Waals surface area contributed by atoms with Crippen molar-refractivity contribution in [3.05, 3.63) is 48.0 Å². The summed E-state index contributed by atoms with van der Waals surface area (Å²) < 4.78 is 15.0. The van der Waals surface area contributed by atoms with Crippen molar-refractivity contribution in [1.29, 1.82) is 0 Å². The van der Waals surface area contributed by atoms with E-state index in [1.807, 2.05) is 6.92 Å². The van der Waals surface area contributed by atoms with Gasteiger partial charge in [-0.05, 0) is 30.5 Å². The number of hydrogen-bond donors (Lipinski definition) is 2. The quantitative estimate of drug-likeness (QED) is 0.852. The minimum Gasteiger partial charge on any atom is -0.396 e. The molecule has 1 unspecified atom stereocenters. The fourth-order valence-electron chi connectivity index (χ4n) is 1.90. The number of benzene rings is 1. The molecule has 112 valence electrons. The summed E-state index contributed by atoms with van der Waals surface area (Å²) in [4.78, 5) is 11.9. The van der Waals surface area contributed by atoms with Crippen molar-refractivity contribution in [3.8, 4) is 5.69 Å². The number of aliphatic hydroxyl groups is 1. The van der Waals surface area contributed by atoms with Gasteiger partial charge in [0.1, 0.15) is 11.5 Å². The normalized spacial score (nSPS) is 12.1. The maximum Gasteiger partial charge on any atom is 0.271 e. The molecule has 0 radical (unpaired) electrons. The highest BCUT2D eigenvalue weighted by atomic mass is 19.1. The van der Waals surface area contributed by atoms with Gasteiger partial charge in [0.05, 0.1) is 0 Å². The number of aromatic nitrogens is 2. The van der Waals surface area contributed by atoms with Crippen LogP contribution in [0.15, 0.2) is 36.5 Å². The molecule has 1 atom stereocenters. The molecule has 1 aromatic carbocycles.